The molecule has 4 nitrogen and oxygen atoms in total. The lowest BCUT2D eigenvalue weighted by Crippen LogP contribution is -2.25. The summed E-state index contributed by atoms with van der Waals surface area (Å²) in [6.45, 7) is 21.2. The molecule has 7 aromatic carbocycles. The zero-order valence-electron chi connectivity index (χ0n) is 37.9. The van der Waals surface area contributed by atoms with Crippen molar-refractivity contribution >= 4 is 69.8 Å². The molecule has 0 radical (unpaired) electrons. The Hall–Kier alpha value is -6.78. The van der Waals surface area contributed by atoms with E-state index in [2.05, 4.69) is 257 Å². The van der Waals surface area contributed by atoms with E-state index in [9.17, 15) is 0 Å². The molecule has 0 fully saturated rings. The average Bonchev–Trinajstić information content (AvgIpc) is 3.30. The van der Waals surface area contributed by atoms with Crippen LogP contribution in [0.4, 0.5) is 45.5 Å². The van der Waals surface area contributed by atoms with Crippen molar-refractivity contribution in [3.63, 3.8) is 0 Å². The molecule has 0 saturated heterocycles. The summed E-state index contributed by atoms with van der Waals surface area (Å²) < 4.78 is 0. The van der Waals surface area contributed by atoms with Crippen LogP contribution < -0.4 is 19.6 Å². The molecule has 0 heterocycles. The van der Waals surface area contributed by atoms with E-state index in [4.69, 9.17) is 0 Å². The predicted molar refractivity (Wildman–Crippen MR) is 273 cm³/mol. The number of hydrogen-bond donors (Lipinski definition) is 0. The van der Waals surface area contributed by atoms with Crippen LogP contribution in [0, 0.1) is 27.7 Å². The molecular formula is C58H62N4. The third kappa shape index (κ3) is 10.2. The third-order valence-electron chi connectivity index (χ3n) is 11.8. The highest BCUT2D eigenvalue weighted by Gasteiger charge is 2.17. The summed E-state index contributed by atoms with van der Waals surface area (Å²) >= 11 is 0. The van der Waals surface area contributed by atoms with Gasteiger partial charge in [0, 0.05) is 71.7 Å². The van der Waals surface area contributed by atoms with Crippen LogP contribution in [-0.4, -0.2) is 26.2 Å². The minimum atomic E-state index is 0.924. The molecule has 0 atom stereocenters. The van der Waals surface area contributed by atoms with Crippen LogP contribution in [0.3, 0.4) is 0 Å². The first kappa shape index (κ1) is 43.3. The van der Waals surface area contributed by atoms with Crippen LogP contribution in [-0.2, 0) is 0 Å². The quantitative estimate of drug-likeness (QED) is 0.0901. The van der Waals surface area contributed by atoms with Gasteiger partial charge in [0.25, 0.3) is 0 Å². The van der Waals surface area contributed by atoms with Crippen LogP contribution >= 0.6 is 0 Å². The van der Waals surface area contributed by atoms with E-state index >= 15 is 0 Å². The first-order valence-corrected chi connectivity index (χ1v) is 22.3. The Morgan fingerprint density at radius 3 is 0.758 bits per heavy atom. The first-order valence-electron chi connectivity index (χ1n) is 22.3. The van der Waals surface area contributed by atoms with Crippen molar-refractivity contribution in [1.82, 2.24) is 0 Å². The van der Waals surface area contributed by atoms with Gasteiger partial charge in [-0.05, 0) is 163 Å². The summed E-state index contributed by atoms with van der Waals surface area (Å²) in [5.41, 5.74) is 19.1. The molecule has 0 aliphatic rings. The summed E-state index contributed by atoms with van der Waals surface area (Å²) in [5, 5.41) is 0. The van der Waals surface area contributed by atoms with Gasteiger partial charge < -0.3 is 19.6 Å². The second-order valence-electron chi connectivity index (χ2n) is 16.2. The molecule has 314 valence electrons. The zero-order valence-corrected chi connectivity index (χ0v) is 37.9. The maximum absolute atomic E-state index is 2.46. The van der Waals surface area contributed by atoms with E-state index in [-0.39, 0.29) is 0 Å². The molecule has 4 heteroatoms. The Morgan fingerprint density at radius 2 is 0.532 bits per heavy atom. The Balaban J connectivity index is 1.20. The highest BCUT2D eigenvalue weighted by atomic mass is 15.2. The fourth-order valence-electron chi connectivity index (χ4n) is 8.06. The SMILES string of the molecule is CCN(CC)c1cc(/C=C/c2ccc(N(c3ccc(C)cc3)c3ccc(C)cc3)cc2)c(N(CC)CC)cc1/C=C/c1ccc(N(c2ccc(C)cc2)c2ccc(C)cc2)cc1. The molecule has 7 aromatic rings. The normalized spacial score (nSPS) is 11.4. The summed E-state index contributed by atoms with van der Waals surface area (Å²) in [6, 6.07) is 57.7. The van der Waals surface area contributed by atoms with Crippen LogP contribution in [0.2, 0.25) is 0 Å². The monoisotopic (exact) mass is 814 g/mol. The molecule has 0 unspecified atom stereocenters. The van der Waals surface area contributed by atoms with E-state index in [1.807, 2.05) is 0 Å². The highest BCUT2D eigenvalue weighted by Crippen LogP contribution is 2.38. The number of aryl methyl sites for hydroxylation is 4. The van der Waals surface area contributed by atoms with Crippen molar-refractivity contribution < 1.29 is 0 Å². The molecule has 0 N–H and O–H groups in total. The molecule has 0 spiro atoms. The Kier molecular flexibility index (Phi) is 14.1. The minimum absolute atomic E-state index is 0.924. The summed E-state index contributed by atoms with van der Waals surface area (Å²) in [7, 11) is 0. The van der Waals surface area contributed by atoms with Gasteiger partial charge in [-0.2, -0.15) is 0 Å². The molecule has 0 aliphatic heterocycles. The van der Waals surface area contributed by atoms with Crippen molar-refractivity contribution in [2.45, 2.75) is 55.4 Å². The molecule has 62 heavy (non-hydrogen) atoms. The average molecular weight is 815 g/mol. The van der Waals surface area contributed by atoms with E-state index in [0.717, 1.165) is 71.4 Å². The van der Waals surface area contributed by atoms with Crippen LogP contribution in [0.15, 0.2) is 158 Å². The zero-order chi connectivity index (χ0) is 43.6. The Bertz CT molecular complexity index is 2280. The Labute approximate surface area is 371 Å². The van der Waals surface area contributed by atoms with E-state index in [1.54, 1.807) is 0 Å². The second-order valence-corrected chi connectivity index (χ2v) is 16.2. The van der Waals surface area contributed by atoms with Crippen molar-refractivity contribution in [2.24, 2.45) is 0 Å². The van der Waals surface area contributed by atoms with Gasteiger partial charge in [0.1, 0.15) is 0 Å². The number of nitrogens with zero attached hydrogens (tertiary/aromatic N) is 4. The number of hydrogen-bond acceptors (Lipinski definition) is 4. The van der Waals surface area contributed by atoms with Crippen molar-refractivity contribution in [2.75, 3.05) is 45.8 Å². The fraction of sp³-hybridized carbons (Fsp3) is 0.207. The molecule has 0 aliphatic carbocycles. The second kappa shape index (κ2) is 20.2. The van der Waals surface area contributed by atoms with Crippen LogP contribution in [0.5, 0.6) is 0 Å². The van der Waals surface area contributed by atoms with Gasteiger partial charge in [0.2, 0.25) is 0 Å². The van der Waals surface area contributed by atoms with Gasteiger partial charge in [0.05, 0.1) is 0 Å². The summed E-state index contributed by atoms with van der Waals surface area (Å²) in [6.07, 6.45) is 9.11. The number of anilines is 8. The van der Waals surface area contributed by atoms with Crippen molar-refractivity contribution in [3.8, 4) is 0 Å². The summed E-state index contributed by atoms with van der Waals surface area (Å²) in [5.74, 6) is 0. The Morgan fingerprint density at radius 1 is 0.306 bits per heavy atom. The largest absolute Gasteiger partial charge is 0.372 e. The smallest absolute Gasteiger partial charge is 0.0462 e. The van der Waals surface area contributed by atoms with E-state index in [1.165, 1.54) is 44.8 Å². The van der Waals surface area contributed by atoms with E-state index < -0.39 is 0 Å². The summed E-state index contributed by atoms with van der Waals surface area (Å²) in [4.78, 5) is 9.58. The molecule has 0 bridgehead atoms. The lowest BCUT2D eigenvalue weighted by Gasteiger charge is -2.29. The predicted octanol–water partition coefficient (Wildman–Crippen LogP) is 15.9. The van der Waals surface area contributed by atoms with Crippen LogP contribution in [0.1, 0.15) is 72.2 Å². The topological polar surface area (TPSA) is 13.0 Å². The first-order chi connectivity index (χ1) is 30.2. The molecule has 0 aromatic heterocycles. The highest BCUT2D eigenvalue weighted by molar-refractivity contribution is 5.87. The number of rotatable bonds is 16. The van der Waals surface area contributed by atoms with Gasteiger partial charge in [-0.1, -0.05) is 119 Å². The molecule has 7 rings (SSSR count). The fourth-order valence-corrected chi connectivity index (χ4v) is 8.06. The molecule has 0 amide bonds. The van der Waals surface area contributed by atoms with Gasteiger partial charge in [-0.15, -0.1) is 0 Å². The lowest BCUT2D eigenvalue weighted by atomic mass is 10.0. The standard InChI is InChI=1S/C58H62N4/c1-9-59(10-2)57-41-50(28-22-48-25-39-56(40-26-48)62(53-33-17-45(7)18-34-53)54-35-19-46(8)20-36-54)58(60(11-3)12-4)42-49(57)27-21-47-23-37-55(38-24-47)61(51-29-13-43(5)14-30-51)52-31-15-44(6)16-32-52/h13-42H,9-12H2,1-8H3/b27-21+,28-22+. The third-order valence-corrected chi connectivity index (χ3v) is 11.8. The lowest BCUT2D eigenvalue weighted by molar-refractivity contribution is 0.854. The maximum Gasteiger partial charge on any atom is 0.0462 e. The maximum atomic E-state index is 2.46. The van der Waals surface area contributed by atoms with Crippen LogP contribution in [0.25, 0.3) is 24.3 Å². The van der Waals surface area contributed by atoms with Gasteiger partial charge in [-0.3, -0.25) is 0 Å². The number of benzene rings is 7. The van der Waals surface area contributed by atoms with Gasteiger partial charge in [-0.25, -0.2) is 0 Å². The minimum Gasteiger partial charge on any atom is -0.372 e. The van der Waals surface area contributed by atoms with Crippen molar-refractivity contribution in [1.29, 1.82) is 0 Å². The van der Waals surface area contributed by atoms with Crippen molar-refractivity contribution in [3.05, 3.63) is 202 Å². The van der Waals surface area contributed by atoms with Gasteiger partial charge >= 0.3 is 0 Å². The molecule has 0 saturated carbocycles. The van der Waals surface area contributed by atoms with E-state index in [0.29, 0.717) is 0 Å². The molecular weight excluding hydrogens is 753 g/mol. The van der Waals surface area contributed by atoms with Gasteiger partial charge in [0.15, 0.2) is 0 Å².